The number of benzene rings is 1. The van der Waals surface area contributed by atoms with Gasteiger partial charge in [0.15, 0.2) is 0 Å². The molecule has 1 aliphatic heterocycles. The van der Waals surface area contributed by atoms with Gasteiger partial charge in [-0.05, 0) is 31.4 Å². The molecule has 0 bridgehead atoms. The number of ether oxygens (including phenoxy) is 1. The van der Waals surface area contributed by atoms with Crippen molar-refractivity contribution < 1.29 is 4.74 Å². The predicted molar refractivity (Wildman–Crippen MR) is 74.2 cm³/mol. The zero-order valence-corrected chi connectivity index (χ0v) is 11.2. The lowest BCUT2D eigenvalue weighted by atomic mass is 9.95. The van der Waals surface area contributed by atoms with E-state index in [2.05, 4.69) is 30.4 Å². The molecule has 0 saturated heterocycles. The van der Waals surface area contributed by atoms with Crippen LogP contribution in [0, 0.1) is 6.92 Å². The molecule has 1 atom stereocenters. The van der Waals surface area contributed by atoms with Crippen molar-refractivity contribution in [2.45, 2.75) is 57.6 Å². The zero-order valence-electron chi connectivity index (χ0n) is 11.2. The smallest absolute Gasteiger partial charge is 0.123 e. The number of nitrogens with one attached hydrogen (secondary N) is 1. The highest BCUT2D eigenvalue weighted by molar-refractivity contribution is 5.40. The SMILES string of the molecule is Cc1ccc2c(c1)CC(CNC1CCCCC1)O2. The maximum absolute atomic E-state index is 5.99. The first kappa shape index (κ1) is 12.0. The molecule has 1 N–H and O–H groups in total. The molecule has 1 saturated carbocycles. The van der Waals surface area contributed by atoms with Crippen LogP contribution in [0.5, 0.6) is 5.75 Å². The summed E-state index contributed by atoms with van der Waals surface area (Å²) in [5, 5.41) is 3.69. The molecule has 1 unspecified atom stereocenters. The highest BCUT2D eigenvalue weighted by Gasteiger charge is 2.23. The van der Waals surface area contributed by atoms with Crippen molar-refractivity contribution in [1.82, 2.24) is 5.32 Å². The summed E-state index contributed by atoms with van der Waals surface area (Å²) in [7, 11) is 0. The van der Waals surface area contributed by atoms with Gasteiger partial charge in [0.2, 0.25) is 0 Å². The largest absolute Gasteiger partial charge is 0.488 e. The second kappa shape index (κ2) is 5.31. The Balaban J connectivity index is 1.51. The van der Waals surface area contributed by atoms with Crippen LogP contribution < -0.4 is 10.1 Å². The fourth-order valence-corrected chi connectivity index (χ4v) is 3.17. The summed E-state index contributed by atoms with van der Waals surface area (Å²) in [5.41, 5.74) is 2.71. The van der Waals surface area contributed by atoms with Gasteiger partial charge >= 0.3 is 0 Å². The Labute approximate surface area is 110 Å². The topological polar surface area (TPSA) is 21.3 Å². The van der Waals surface area contributed by atoms with Gasteiger partial charge in [0.1, 0.15) is 11.9 Å². The van der Waals surface area contributed by atoms with Gasteiger partial charge in [-0.15, -0.1) is 0 Å². The summed E-state index contributed by atoms with van der Waals surface area (Å²) < 4.78 is 5.99. The molecule has 2 heteroatoms. The van der Waals surface area contributed by atoms with E-state index in [0.717, 1.165) is 24.8 Å². The Morgan fingerprint density at radius 3 is 2.89 bits per heavy atom. The maximum atomic E-state index is 5.99. The highest BCUT2D eigenvalue weighted by atomic mass is 16.5. The quantitative estimate of drug-likeness (QED) is 0.883. The third kappa shape index (κ3) is 2.69. The van der Waals surface area contributed by atoms with E-state index >= 15 is 0 Å². The van der Waals surface area contributed by atoms with Gasteiger partial charge in [-0.2, -0.15) is 0 Å². The monoisotopic (exact) mass is 245 g/mol. The normalized spacial score (nSPS) is 23.7. The maximum Gasteiger partial charge on any atom is 0.123 e. The van der Waals surface area contributed by atoms with Crippen LogP contribution in [0.15, 0.2) is 18.2 Å². The molecule has 2 nitrogen and oxygen atoms in total. The fourth-order valence-electron chi connectivity index (χ4n) is 3.17. The van der Waals surface area contributed by atoms with Crippen LogP contribution in [0.25, 0.3) is 0 Å². The lowest BCUT2D eigenvalue weighted by molar-refractivity contribution is 0.214. The Bertz CT molecular complexity index is 410. The number of hydrogen-bond acceptors (Lipinski definition) is 2. The fraction of sp³-hybridized carbons (Fsp3) is 0.625. The van der Waals surface area contributed by atoms with Gasteiger partial charge < -0.3 is 10.1 Å². The third-order valence-corrected chi connectivity index (χ3v) is 4.20. The van der Waals surface area contributed by atoms with Crippen molar-refractivity contribution in [1.29, 1.82) is 0 Å². The summed E-state index contributed by atoms with van der Waals surface area (Å²) in [5.74, 6) is 1.09. The highest BCUT2D eigenvalue weighted by Crippen LogP contribution is 2.29. The second-order valence-electron chi connectivity index (χ2n) is 5.80. The summed E-state index contributed by atoms with van der Waals surface area (Å²) >= 11 is 0. The lowest BCUT2D eigenvalue weighted by Gasteiger charge is -2.24. The summed E-state index contributed by atoms with van der Waals surface area (Å²) in [6.45, 7) is 3.15. The molecule has 0 radical (unpaired) electrons. The first-order valence-electron chi connectivity index (χ1n) is 7.31. The number of aryl methyl sites for hydroxylation is 1. The minimum atomic E-state index is 0.337. The van der Waals surface area contributed by atoms with Crippen molar-refractivity contribution in [3.63, 3.8) is 0 Å². The van der Waals surface area contributed by atoms with E-state index < -0.39 is 0 Å². The van der Waals surface area contributed by atoms with Crippen molar-refractivity contribution in [3.8, 4) is 5.75 Å². The minimum Gasteiger partial charge on any atom is -0.488 e. The van der Waals surface area contributed by atoms with Crippen LogP contribution in [-0.2, 0) is 6.42 Å². The standard InChI is InChI=1S/C16H23NO/c1-12-7-8-16-13(9-12)10-15(18-16)11-17-14-5-3-2-4-6-14/h7-9,14-15,17H,2-6,10-11H2,1H3. The van der Waals surface area contributed by atoms with Crippen LogP contribution in [0.4, 0.5) is 0 Å². The Morgan fingerprint density at radius 1 is 1.22 bits per heavy atom. The van der Waals surface area contributed by atoms with Gasteiger partial charge in [-0.25, -0.2) is 0 Å². The number of rotatable bonds is 3. The van der Waals surface area contributed by atoms with Crippen molar-refractivity contribution in [2.75, 3.05) is 6.54 Å². The minimum absolute atomic E-state index is 0.337. The van der Waals surface area contributed by atoms with E-state index in [9.17, 15) is 0 Å². The van der Waals surface area contributed by atoms with Crippen molar-refractivity contribution in [3.05, 3.63) is 29.3 Å². The molecular weight excluding hydrogens is 222 g/mol. The predicted octanol–water partition coefficient (Wildman–Crippen LogP) is 3.22. The summed E-state index contributed by atoms with van der Waals surface area (Å²) in [4.78, 5) is 0. The molecule has 2 aliphatic rings. The van der Waals surface area contributed by atoms with E-state index in [-0.39, 0.29) is 0 Å². The second-order valence-corrected chi connectivity index (χ2v) is 5.80. The molecule has 0 spiro atoms. The number of fused-ring (bicyclic) bond motifs is 1. The van der Waals surface area contributed by atoms with Crippen LogP contribution in [0.1, 0.15) is 43.2 Å². The van der Waals surface area contributed by atoms with Crippen LogP contribution in [0.2, 0.25) is 0 Å². The number of hydrogen-bond donors (Lipinski definition) is 1. The summed E-state index contributed by atoms with van der Waals surface area (Å²) in [6, 6.07) is 7.24. The van der Waals surface area contributed by atoms with E-state index in [1.807, 2.05) is 0 Å². The van der Waals surface area contributed by atoms with Crippen LogP contribution in [0.3, 0.4) is 0 Å². The molecule has 18 heavy (non-hydrogen) atoms. The molecule has 3 rings (SSSR count). The van der Waals surface area contributed by atoms with Crippen molar-refractivity contribution >= 4 is 0 Å². The van der Waals surface area contributed by atoms with Gasteiger partial charge in [0.05, 0.1) is 0 Å². The van der Waals surface area contributed by atoms with Crippen molar-refractivity contribution in [2.24, 2.45) is 0 Å². The average Bonchev–Trinajstić information content (AvgIpc) is 2.79. The first-order chi connectivity index (χ1) is 8.81. The molecule has 0 amide bonds. The molecule has 1 aromatic rings. The van der Waals surface area contributed by atoms with Gasteiger partial charge in [-0.3, -0.25) is 0 Å². The molecule has 1 aliphatic carbocycles. The molecular formula is C16H23NO. The Kier molecular flexibility index (Phi) is 3.55. The van der Waals surface area contributed by atoms with E-state index in [4.69, 9.17) is 4.74 Å². The van der Waals surface area contributed by atoms with E-state index in [0.29, 0.717) is 6.10 Å². The molecule has 1 aromatic carbocycles. The first-order valence-corrected chi connectivity index (χ1v) is 7.31. The zero-order chi connectivity index (χ0) is 12.4. The van der Waals surface area contributed by atoms with Gasteiger partial charge in [0, 0.05) is 19.0 Å². The molecule has 0 aromatic heterocycles. The lowest BCUT2D eigenvalue weighted by Crippen LogP contribution is -2.38. The third-order valence-electron chi connectivity index (χ3n) is 4.20. The average molecular weight is 245 g/mol. The van der Waals surface area contributed by atoms with Crippen LogP contribution >= 0.6 is 0 Å². The molecule has 98 valence electrons. The Hall–Kier alpha value is -1.02. The summed E-state index contributed by atoms with van der Waals surface area (Å²) in [6.07, 6.45) is 8.30. The van der Waals surface area contributed by atoms with Crippen LogP contribution in [-0.4, -0.2) is 18.7 Å². The van der Waals surface area contributed by atoms with E-state index in [1.54, 1.807) is 0 Å². The van der Waals surface area contributed by atoms with Gasteiger partial charge in [-0.1, -0.05) is 37.0 Å². The van der Waals surface area contributed by atoms with Gasteiger partial charge in [0.25, 0.3) is 0 Å². The molecule has 1 heterocycles. The Morgan fingerprint density at radius 2 is 2.06 bits per heavy atom. The van der Waals surface area contributed by atoms with E-state index in [1.165, 1.54) is 43.2 Å². The molecule has 1 fully saturated rings.